The molecule has 1 aromatic carbocycles. The van der Waals surface area contributed by atoms with Gasteiger partial charge in [-0.3, -0.25) is 10.3 Å². The zero-order valence-corrected chi connectivity index (χ0v) is 13.8. The van der Waals surface area contributed by atoms with Gasteiger partial charge in [0.15, 0.2) is 5.11 Å². The van der Waals surface area contributed by atoms with Gasteiger partial charge in [-0.25, -0.2) is 0 Å². The number of hydrogen-bond donors (Lipinski definition) is 2. The standard InChI is InChI=1S/C14H9Cl2N5OS/c15-10-2-1-9(7-11(10)16)18-14(23)19-13-21-20-12(22-13)8-3-5-17-6-4-8/h1-7H,(H2,18,19,21,23). The minimum atomic E-state index is 0.175. The van der Waals surface area contributed by atoms with Crippen LogP contribution in [0.1, 0.15) is 0 Å². The van der Waals surface area contributed by atoms with Crippen molar-refractivity contribution in [1.29, 1.82) is 0 Å². The Morgan fingerprint density at radius 3 is 2.52 bits per heavy atom. The van der Waals surface area contributed by atoms with Crippen LogP contribution in [0.4, 0.5) is 11.7 Å². The van der Waals surface area contributed by atoms with Crippen molar-refractivity contribution in [3.63, 3.8) is 0 Å². The minimum absolute atomic E-state index is 0.175. The zero-order valence-electron chi connectivity index (χ0n) is 11.5. The fourth-order valence-corrected chi connectivity index (χ4v) is 2.22. The van der Waals surface area contributed by atoms with Gasteiger partial charge in [-0.2, -0.15) is 0 Å². The molecule has 2 heterocycles. The van der Waals surface area contributed by atoms with Crippen molar-refractivity contribution < 1.29 is 4.42 Å². The molecule has 2 N–H and O–H groups in total. The highest BCUT2D eigenvalue weighted by atomic mass is 35.5. The summed E-state index contributed by atoms with van der Waals surface area (Å²) in [7, 11) is 0. The molecule has 0 aliphatic heterocycles. The number of nitrogens with one attached hydrogen (secondary N) is 2. The maximum Gasteiger partial charge on any atom is 0.322 e. The molecule has 2 aromatic heterocycles. The molecule has 0 aliphatic carbocycles. The van der Waals surface area contributed by atoms with E-state index in [0.29, 0.717) is 21.6 Å². The Morgan fingerprint density at radius 1 is 1.00 bits per heavy atom. The van der Waals surface area contributed by atoms with Gasteiger partial charge in [-0.05, 0) is 42.5 Å². The third-order valence-corrected chi connectivity index (χ3v) is 3.69. The Hall–Kier alpha value is -2.22. The summed E-state index contributed by atoms with van der Waals surface area (Å²) < 4.78 is 5.49. The highest BCUT2D eigenvalue weighted by molar-refractivity contribution is 7.80. The van der Waals surface area contributed by atoms with Crippen molar-refractivity contribution >= 4 is 52.2 Å². The second-order valence-corrected chi connectivity index (χ2v) is 5.58. The van der Waals surface area contributed by atoms with Crippen LogP contribution in [0, 0.1) is 0 Å². The molecule has 23 heavy (non-hydrogen) atoms. The van der Waals surface area contributed by atoms with Crippen LogP contribution in [0.15, 0.2) is 47.1 Å². The van der Waals surface area contributed by atoms with E-state index in [-0.39, 0.29) is 11.1 Å². The van der Waals surface area contributed by atoms with E-state index in [9.17, 15) is 0 Å². The number of benzene rings is 1. The Labute approximate surface area is 146 Å². The van der Waals surface area contributed by atoms with Gasteiger partial charge in [0.05, 0.1) is 10.0 Å². The van der Waals surface area contributed by atoms with Gasteiger partial charge in [-0.15, -0.1) is 5.10 Å². The van der Waals surface area contributed by atoms with Crippen LogP contribution < -0.4 is 10.6 Å². The van der Waals surface area contributed by atoms with Crippen molar-refractivity contribution in [3.8, 4) is 11.5 Å². The molecule has 6 nitrogen and oxygen atoms in total. The molecule has 3 rings (SSSR count). The second kappa shape index (κ2) is 6.91. The summed E-state index contributed by atoms with van der Waals surface area (Å²) in [6.07, 6.45) is 3.28. The smallest absolute Gasteiger partial charge is 0.322 e. The van der Waals surface area contributed by atoms with Crippen molar-refractivity contribution in [2.45, 2.75) is 0 Å². The van der Waals surface area contributed by atoms with Crippen molar-refractivity contribution in [1.82, 2.24) is 15.2 Å². The lowest BCUT2D eigenvalue weighted by atomic mass is 10.3. The van der Waals surface area contributed by atoms with E-state index in [2.05, 4.69) is 25.8 Å². The van der Waals surface area contributed by atoms with Crippen molar-refractivity contribution in [3.05, 3.63) is 52.8 Å². The molecule has 116 valence electrons. The molecule has 0 spiro atoms. The SMILES string of the molecule is S=C(Nc1ccc(Cl)c(Cl)c1)Nc1nnc(-c2ccncc2)o1. The number of hydrogen-bond acceptors (Lipinski definition) is 5. The van der Waals surface area contributed by atoms with E-state index in [4.69, 9.17) is 39.8 Å². The normalized spacial score (nSPS) is 10.3. The molecular weight excluding hydrogens is 357 g/mol. The predicted molar refractivity (Wildman–Crippen MR) is 93.8 cm³/mol. The lowest BCUT2D eigenvalue weighted by Gasteiger charge is -2.08. The number of anilines is 2. The number of nitrogens with zero attached hydrogens (tertiary/aromatic N) is 3. The molecule has 3 aromatic rings. The largest absolute Gasteiger partial charge is 0.403 e. The maximum atomic E-state index is 5.95. The first kappa shape index (κ1) is 15.7. The molecular formula is C14H9Cl2N5OS. The van der Waals surface area contributed by atoms with Gasteiger partial charge in [0.1, 0.15) is 0 Å². The Morgan fingerprint density at radius 2 is 1.78 bits per heavy atom. The first-order chi connectivity index (χ1) is 11.1. The summed E-state index contributed by atoms with van der Waals surface area (Å²) in [5.41, 5.74) is 1.45. The maximum absolute atomic E-state index is 5.95. The van der Waals surface area contributed by atoms with Crippen LogP contribution >= 0.6 is 35.4 Å². The molecule has 9 heteroatoms. The predicted octanol–water partition coefficient (Wildman–Crippen LogP) is 4.25. The molecule has 0 amide bonds. The summed E-state index contributed by atoms with van der Waals surface area (Å²) in [4.78, 5) is 3.93. The van der Waals surface area contributed by atoms with Gasteiger partial charge in [0.2, 0.25) is 5.89 Å². The zero-order chi connectivity index (χ0) is 16.2. The van der Waals surface area contributed by atoms with Crippen molar-refractivity contribution in [2.24, 2.45) is 0 Å². The van der Waals surface area contributed by atoms with Gasteiger partial charge in [0.25, 0.3) is 0 Å². The number of halogens is 2. The quantitative estimate of drug-likeness (QED) is 0.671. The number of aromatic nitrogens is 3. The van der Waals surface area contributed by atoms with Gasteiger partial charge < -0.3 is 9.73 Å². The first-order valence-corrected chi connectivity index (χ1v) is 7.55. The van der Waals surface area contributed by atoms with E-state index in [1.54, 1.807) is 42.7 Å². The molecule has 0 unspecified atom stereocenters. The van der Waals surface area contributed by atoms with E-state index in [0.717, 1.165) is 5.56 Å². The summed E-state index contributed by atoms with van der Waals surface area (Å²) >= 11 is 17.0. The number of thiocarbonyl (C=S) groups is 1. The number of rotatable bonds is 3. The highest BCUT2D eigenvalue weighted by Gasteiger charge is 2.10. The van der Waals surface area contributed by atoms with Crippen LogP contribution in [0.25, 0.3) is 11.5 Å². The average Bonchev–Trinajstić information content (AvgIpc) is 3.00. The topological polar surface area (TPSA) is 75.9 Å². The van der Waals surface area contributed by atoms with E-state index in [1.807, 2.05) is 0 Å². The second-order valence-electron chi connectivity index (χ2n) is 4.36. The van der Waals surface area contributed by atoms with Gasteiger partial charge >= 0.3 is 6.01 Å². The third-order valence-electron chi connectivity index (χ3n) is 2.75. The molecule has 0 fully saturated rings. The van der Waals surface area contributed by atoms with Crippen LogP contribution in [0.2, 0.25) is 10.0 Å². The lowest BCUT2D eigenvalue weighted by Crippen LogP contribution is -2.19. The van der Waals surface area contributed by atoms with E-state index >= 15 is 0 Å². The third kappa shape index (κ3) is 3.95. The summed E-state index contributed by atoms with van der Waals surface area (Å²) in [6, 6.07) is 8.79. The fourth-order valence-electron chi connectivity index (χ4n) is 1.72. The minimum Gasteiger partial charge on any atom is -0.403 e. The van der Waals surface area contributed by atoms with Gasteiger partial charge in [0, 0.05) is 23.6 Å². The Kier molecular flexibility index (Phi) is 4.71. The summed E-state index contributed by atoms with van der Waals surface area (Å²) in [6.45, 7) is 0. The van der Waals surface area contributed by atoms with Crippen LogP contribution in [0.3, 0.4) is 0 Å². The molecule has 0 saturated carbocycles. The van der Waals surface area contributed by atoms with Crippen molar-refractivity contribution in [2.75, 3.05) is 10.6 Å². The molecule has 0 bridgehead atoms. The molecule has 0 radical (unpaired) electrons. The molecule has 0 saturated heterocycles. The first-order valence-electron chi connectivity index (χ1n) is 6.39. The average molecular weight is 366 g/mol. The fraction of sp³-hybridized carbons (Fsp3) is 0. The lowest BCUT2D eigenvalue weighted by molar-refractivity contribution is 0.589. The monoisotopic (exact) mass is 365 g/mol. The summed E-state index contributed by atoms with van der Waals surface area (Å²) in [5.74, 6) is 0.368. The highest BCUT2D eigenvalue weighted by Crippen LogP contribution is 2.25. The van der Waals surface area contributed by atoms with Crippen LogP contribution in [0.5, 0.6) is 0 Å². The van der Waals surface area contributed by atoms with Crippen LogP contribution in [-0.4, -0.2) is 20.3 Å². The van der Waals surface area contributed by atoms with E-state index < -0.39 is 0 Å². The van der Waals surface area contributed by atoms with E-state index in [1.165, 1.54) is 0 Å². The summed E-state index contributed by atoms with van der Waals surface area (Å²) in [5, 5.41) is 14.8. The molecule has 0 atom stereocenters. The Balaban J connectivity index is 1.66. The van der Waals surface area contributed by atoms with Crippen LogP contribution in [-0.2, 0) is 0 Å². The Bertz CT molecular complexity index is 840. The number of pyridine rings is 1. The molecule has 0 aliphatic rings. The van der Waals surface area contributed by atoms with Gasteiger partial charge in [-0.1, -0.05) is 28.3 Å².